The van der Waals surface area contributed by atoms with Crippen molar-refractivity contribution >= 4 is 34.9 Å². The van der Waals surface area contributed by atoms with Crippen LogP contribution in [0.1, 0.15) is 50.9 Å². The second-order valence-electron chi connectivity index (χ2n) is 8.66. The van der Waals surface area contributed by atoms with Crippen LogP contribution in [0.4, 0.5) is 17.6 Å². The third kappa shape index (κ3) is 6.71. The van der Waals surface area contributed by atoms with E-state index in [-0.39, 0.29) is 6.42 Å². The van der Waals surface area contributed by atoms with E-state index in [9.17, 15) is 27.5 Å². The topological polar surface area (TPSA) is 58.6 Å². The molecule has 3 aromatic rings. The summed E-state index contributed by atoms with van der Waals surface area (Å²) < 4.78 is 56.7. The number of alkyl halides is 4. The molecule has 1 aliphatic carbocycles. The molecule has 10 heteroatoms. The maximum atomic E-state index is 13.4. The van der Waals surface area contributed by atoms with Crippen molar-refractivity contribution in [1.29, 1.82) is 0 Å². The highest BCUT2D eigenvalue weighted by molar-refractivity contribution is 7.16. The van der Waals surface area contributed by atoms with Crippen molar-refractivity contribution in [3.63, 3.8) is 0 Å². The standard InChI is InChI=1S/C27H24ClF4NO3S/c28-23-13-12-22(37-23)24(34)21(15-16-6-4-9-18(14-16)36-27(31,32)26(29)30)33-25(35)20-11-5-8-17-7-2-1-3-10-19(17)20/h3-6,8-14,21,24,26,34H,1-2,7,15H2,(H,33,35). The van der Waals surface area contributed by atoms with Gasteiger partial charge >= 0.3 is 12.5 Å². The van der Waals surface area contributed by atoms with E-state index in [4.69, 9.17) is 11.6 Å². The number of rotatable bonds is 9. The number of carbonyl (C=O) groups excluding carboxylic acids is 1. The van der Waals surface area contributed by atoms with E-state index in [0.29, 0.717) is 20.3 Å². The second kappa shape index (κ2) is 11.7. The molecule has 0 radical (unpaired) electrons. The van der Waals surface area contributed by atoms with Crippen molar-refractivity contribution in [2.45, 2.75) is 50.4 Å². The predicted molar refractivity (Wildman–Crippen MR) is 136 cm³/mol. The van der Waals surface area contributed by atoms with Crippen LogP contribution >= 0.6 is 22.9 Å². The number of allylic oxidation sites excluding steroid dienone is 1. The summed E-state index contributed by atoms with van der Waals surface area (Å²) in [5.41, 5.74) is 2.70. The monoisotopic (exact) mass is 553 g/mol. The Morgan fingerprint density at radius 1 is 1.16 bits per heavy atom. The molecule has 4 rings (SSSR count). The first-order valence-corrected chi connectivity index (χ1v) is 12.8. The van der Waals surface area contributed by atoms with Crippen LogP contribution in [0.2, 0.25) is 4.34 Å². The van der Waals surface area contributed by atoms with Crippen LogP contribution in [0.25, 0.3) is 6.08 Å². The highest BCUT2D eigenvalue weighted by Gasteiger charge is 2.44. The fourth-order valence-corrected chi connectivity index (χ4v) is 5.31. The van der Waals surface area contributed by atoms with Gasteiger partial charge in [-0.3, -0.25) is 4.79 Å². The van der Waals surface area contributed by atoms with Crippen LogP contribution in [0.15, 0.2) is 60.7 Å². The molecule has 0 bridgehead atoms. The SMILES string of the molecule is O=C(NC(Cc1cccc(OC(F)(F)C(F)F)c1)C(O)c1ccc(Cl)s1)c1cccc2c1C=CCCC2. The lowest BCUT2D eigenvalue weighted by atomic mass is 9.96. The largest absolute Gasteiger partial charge is 0.461 e. The first-order valence-electron chi connectivity index (χ1n) is 11.6. The number of ether oxygens (including phenoxy) is 1. The zero-order valence-electron chi connectivity index (χ0n) is 19.5. The Labute approximate surface area is 220 Å². The average molecular weight is 554 g/mol. The molecule has 1 heterocycles. The van der Waals surface area contributed by atoms with Crippen molar-refractivity contribution in [2.75, 3.05) is 0 Å². The number of carbonyl (C=O) groups is 1. The first-order chi connectivity index (χ1) is 17.6. The van der Waals surface area contributed by atoms with Gasteiger partial charge < -0.3 is 15.2 Å². The van der Waals surface area contributed by atoms with Crippen LogP contribution in [0.3, 0.4) is 0 Å². The molecule has 2 atom stereocenters. The van der Waals surface area contributed by atoms with E-state index in [1.807, 2.05) is 18.2 Å². The molecule has 4 nitrogen and oxygen atoms in total. The molecular weight excluding hydrogens is 530 g/mol. The van der Waals surface area contributed by atoms with Crippen LogP contribution in [0, 0.1) is 0 Å². The van der Waals surface area contributed by atoms with E-state index in [2.05, 4.69) is 10.1 Å². The Morgan fingerprint density at radius 3 is 2.68 bits per heavy atom. The van der Waals surface area contributed by atoms with Crippen molar-refractivity contribution in [3.05, 3.63) is 92.1 Å². The van der Waals surface area contributed by atoms with Crippen LogP contribution < -0.4 is 10.1 Å². The molecular formula is C27H24ClF4NO3S. The quantitative estimate of drug-likeness (QED) is 0.279. The maximum absolute atomic E-state index is 13.4. The normalized spacial score (nSPS) is 15.1. The number of thiophene rings is 1. The Kier molecular flexibility index (Phi) is 8.56. The van der Waals surface area contributed by atoms with Gasteiger partial charge in [0.05, 0.1) is 10.4 Å². The minimum Gasteiger partial charge on any atom is -0.428 e. The molecule has 0 spiro atoms. The van der Waals surface area contributed by atoms with Gasteiger partial charge in [0.15, 0.2) is 0 Å². The summed E-state index contributed by atoms with van der Waals surface area (Å²) in [5.74, 6) is -0.869. The van der Waals surface area contributed by atoms with Gasteiger partial charge in [-0.2, -0.15) is 17.6 Å². The molecule has 0 saturated heterocycles. The van der Waals surface area contributed by atoms with Crippen LogP contribution in [-0.4, -0.2) is 29.6 Å². The zero-order valence-corrected chi connectivity index (χ0v) is 21.0. The summed E-state index contributed by atoms with van der Waals surface area (Å²) >= 11 is 7.18. The number of amides is 1. The van der Waals surface area contributed by atoms with E-state index in [1.165, 1.54) is 12.1 Å². The zero-order chi connectivity index (χ0) is 26.6. The molecule has 2 aromatic carbocycles. The molecule has 2 unspecified atom stereocenters. The number of hydrogen-bond acceptors (Lipinski definition) is 4. The summed E-state index contributed by atoms with van der Waals surface area (Å²) in [6.07, 6.45) is -3.18. The number of fused-ring (bicyclic) bond motifs is 1. The number of hydrogen-bond donors (Lipinski definition) is 2. The highest BCUT2D eigenvalue weighted by Crippen LogP contribution is 2.32. The number of aryl methyl sites for hydroxylation is 1. The molecule has 0 fully saturated rings. The molecule has 196 valence electrons. The van der Waals surface area contributed by atoms with Gasteiger partial charge in [-0.1, -0.05) is 48.0 Å². The van der Waals surface area contributed by atoms with Gasteiger partial charge in [-0.25, -0.2) is 0 Å². The van der Waals surface area contributed by atoms with Crippen molar-refractivity contribution in [3.8, 4) is 5.75 Å². The predicted octanol–water partition coefficient (Wildman–Crippen LogP) is 7.06. The number of halogens is 5. The van der Waals surface area contributed by atoms with Crippen molar-refractivity contribution in [1.82, 2.24) is 5.32 Å². The summed E-state index contributed by atoms with van der Waals surface area (Å²) in [6, 6.07) is 13.1. The Morgan fingerprint density at radius 2 is 1.95 bits per heavy atom. The van der Waals surface area contributed by atoms with Gasteiger partial charge in [0.25, 0.3) is 5.91 Å². The Bertz CT molecular complexity index is 1280. The van der Waals surface area contributed by atoms with E-state index < -0.39 is 36.3 Å². The molecule has 1 amide bonds. The fraction of sp³-hybridized carbons (Fsp3) is 0.296. The van der Waals surface area contributed by atoms with Gasteiger partial charge in [0.1, 0.15) is 11.9 Å². The van der Waals surface area contributed by atoms with Crippen LogP contribution in [0.5, 0.6) is 5.75 Å². The van der Waals surface area contributed by atoms with Crippen LogP contribution in [-0.2, 0) is 12.8 Å². The maximum Gasteiger partial charge on any atom is 0.461 e. The molecule has 1 aliphatic rings. The minimum absolute atomic E-state index is 0.00470. The Hall–Kier alpha value is -2.88. The number of nitrogens with one attached hydrogen (secondary N) is 1. The van der Waals surface area contributed by atoms with Gasteiger partial charge in [-0.05, 0) is 72.7 Å². The van der Waals surface area contributed by atoms with Crippen molar-refractivity contribution in [2.24, 2.45) is 0 Å². The number of benzene rings is 2. The highest BCUT2D eigenvalue weighted by atomic mass is 35.5. The van der Waals surface area contributed by atoms with E-state index in [0.717, 1.165) is 47.8 Å². The molecule has 2 N–H and O–H groups in total. The van der Waals surface area contributed by atoms with Gasteiger partial charge in [0.2, 0.25) is 0 Å². The van der Waals surface area contributed by atoms with Crippen molar-refractivity contribution < 1.29 is 32.2 Å². The number of aliphatic hydroxyl groups is 1. The first kappa shape index (κ1) is 27.2. The third-order valence-corrected chi connectivity index (χ3v) is 7.29. The van der Waals surface area contributed by atoms with Gasteiger partial charge in [0, 0.05) is 10.4 Å². The lowest BCUT2D eigenvalue weighted by Gasteiger charge is -2.25. The molecule has 0 aliphatic heterocycles. The number of aliphatic hydroxyl groups excluding tert-OH is 1. The smallest absolute Gasteiger partial charge is 0.428 e. The summed E-state index contributed by atoms with van der Waals surface area (Å²) in [6.45, 7) is 0. The molecule has 0 saturated carbocycles. The Balaban J connectivity index is 1.61. The molecule has 1 aromatic heterocycles. The summed E-state index contributed by atoms with van der Waals surface area (Å²) in [5, 5.41) is 14.0. The summed E-state index contributed by atoms with van der Waals surface area (Å²) in [4.78, 5) is 13.9. The minimum atomic E-state index is -4.65. The molecule has 37 heavy (non-hydrogen) atoms. The summed E-state index contributed by atoms with van der Waals surface area (Å²) in [7, 11) is 0. The third-order valence-electron chi connectivity index (χ3n) is 5.99. The lowest BCUT2D eigenvalue weighted by molar-refractivity contribution is -0.253. The van der Waals surface area contributed by atoms with E-state index >= 15 is 0 Å². The second-order valence-corrected chi connectivity index (χ2v) is 10.4. The fourth-order valence-electron chi connectivity index (χ4n) is 4.20. The lowest BCUT2D eigenvalue weighted by Crippen LogP contribution is -2.41. The average Bonchev–Trinajstić information content (AvgIpc) is 3.14. The van der Waals surface area contributed by atoms with E-state index in [1.54, 1.807) is 30.3 Å². The van der Waals surface area contributed by atoms with Gasteiger partial charge in [-0.15, -0.1) is 11.3 Å².